The Bertz CT molecular complexity index is 624. The molecule has 0 radical (unpaired) electrons. The molecule has 150 valence electrons. The summed E-state index contributed by atoms with van der Waals surface area (Å²) in [4.78, 5) is 4.57. The zero-order valence-corrected chi connectivity index (χ0v) is 18.4. The molecule has 8 nitrogen and oxygen atoms in total. The van der Waals surface area contributed by atoms with Crippen LogP contribution >= 0.6 is 24.0 Å². The summed E-state index contributed by atoms with van der Waals surface area (Å²) in [6.45, 7) is 5.77. The first-order chi connectivity index (χ1) is 12.0. The van der Waals surface area contributed by atoms with Crippen molar-refractivity contribution < 1.29 is 17.9 Å². The molecular weight excluding hydrogens is 471 g/mol. The third-order valence-corrected chi connectivity index (χ3v) is 4.13. The Balaban J connectivity index is 0.00000625. The number of halogens is 1. The minimum absolute atomic E-state index is 0. The summed E-state index contributed by atoms with van der Waals surface area (Å²) in [5.74, 6) is 0.704. The Morgan fingerprint density at radius 1 is 1.15 bits per heavy atom. The number of ether oxygens (including phenoxy) is 2. The Morgan fingerprint density at radius 3 is 2.42 bits per heavy atom. The number of hydrogen-bond acceptors (Lipinski definition) is 5. The van der Waals surface area contributed by atoms with Gasteiger partial charge in [0.2, 0.25) is 10.0 Å². The van der Waals surface area contributed by atoms with Crippen LogP contribution in [0.2, 0.25) is 0 Å². The smallest absolute Gasteiger partial charge is 0.238 e. The number of benzene rings is 1. The number of sulfonamides is 1. The van der Waals surface area contributed by atoms with Crippen molar-refractivity contribution in [2.45, 2.75) is 24.8 Å². The van der Waals surface area contributed by atoms with E-state index in [1.807, 2.05) is 6.92 Å². The van der Waals surface area contributed by atoms with E-state index in [0.29, 0.717) is 32.3 Å². The molecule has 1 aromatic rings. The van der Waals surface area contributed by atoms with E-state index in [1.165, 1.54) is 12.1 Å². The number of nitrogens with one attached hydrogen (secondary N) is 2. The molecule has 1 rings (SSSR count). The summed E-state index contributed by atoms with van der Waals surface area (Å²) < 4.78 is 32.8. The van der Waals surface area contributed by atoms with E-state index in [-0.39, 0.29) is 28.9 Å². The Labute approximate surface area is 173 Å². The van der Waals surface area contributed by atoms with Crippen LogP contribution in [0.15, 0.2) is 34.2 Å². The molecule has 0 aromatic heterocycles. The first kappa shape index (κ1) is 25.1. The lowest BCUT2D eigenvalue weighted by atomic mass is 10.2. The highest BCUT2D eigenvalue weighted by atomic mass is 127. The summed E-state index contributed by atoms with van der Waals surface area (Å²) in [5, 5.41) is 11.5. The lowest BCUT2D eigenvalue weighted by Crippen LogP contribution is -2.38. The molecule has 4 N–H and O–H groups in total. The van der Waals surface area contributed by atoms with Crippen LogP contribution < -0.4 is 15.8 Å². The molecule has 0 amide bonds. The summed E-state index contributed by atoms with van der Waals surface area (Å²) in [6, 6.07) is 6.38. The predicted molar refractivity (Wildman–Crippen MR) is 113 cm³/mol. The van der Waals surface area contributed by atoms with Crippen molar-refractivity contribution in [2.24, 2.45) is 10.1 Å². The zero-order valence-electron chi connectivity index (χ0n) is 15.2. The summed E-state index contributed by atoms with van der Waals surface area (Å²) in [7, 11) is -2.02. The van der Waals surface area contributed by atoms with Crippen LogP contribution in [0.25, 0.3) is 0 Å². The lowest BCUT2D eigenvalue weighted by Gasteiger charge is -2.11. The third-order valence-electron chi connectivity index (χ3n) is 3.21. The molecule has 0 unspecified atom stereocenters. The number of aliphatic imine (C=N–C) groups is 1. The zero-order chi connectivity index (χ0) is 18.5. The molecule has 0 aliphatic rings. The Kier molecular flexibility index (Phi) is 13.6. The fraction of sp³-hybridized carbons (Fsp3) is 0.562. The molecule has 0 heterocycles. The van der Waals surface area contributed by atoms with Crippen molar-refractivity contribution in [3.63, 3.8) is 0 Å². The first-order valence-electron chi connectivity index (χ1n) is 8.18. The standard InChI is InChI=1S/C16H28N4O4S.HI/c1-3-18-16(19-9-4-10-24-12-11-23-2)20-13-14-5-7-15(8-6-14)25(17,21)22;/h5-8H,3-4,9-13H2,1-2H3,(H2,17,21,22)(H2,18,19,20);1H. The molecule has 10 heteroatoms. The minimum atomic E-state index is -3.66. The van der Waals surface area contributed by atoms with Gasteiger partial charge in [-0.05, 0) is 31.0 Å². The van der Waals surface area contributed by atoms with Crippen LogP contribution in [0.5, 0.6) is 0 Å². The van der Waals surface area contributed by atoms with Crippen LogP contribution in [-0.2, 0) is 26.0 Å². The van der Waals surface area contributed by atoms with Gasteiger partial charge in [0.05, 0.1) is 24.7 Å². The van der Waals surface area contributed by atoms with Gasteiger partial charge in [-0.1, -0.05) is 12.1 Å². The Hall–Kier alpha value is -0.950. The van der Waals surface area contributed by atoms with E-state index in [2.05, 4.69) is 15.6 Å². The fourth-order valence-corrected chi connectivity index (χ4v) is 2.44. The first-order valence-corrected chi connectivity index (χ1v) is 9.72. The third kappa shape index (κ3) is 10.9. The predicted octanol–water partition coefficient (Wildman–Crippen LogP) is 1.06. The Morgan fingerprint density at radius 2 is 1.85 bits per heavy atom. The number of rotatable bonds is 11. The highest BCUT2D eigenvalue weighted by Gasteiger charge is 2.06. The second kappa shape index (κ2) is 14.2. The summed E-state index contributed by atoms with van der Waals surface area (Å²) in [6.07, 6.45) is 0.858. The quantitative estimate of drug-likeness (QED) is 0.181. The molecule has 0 bridgehead atoms. The normalized spacial score (nSPS) is 11.7. The summed E-state index contributed by atoms with van der Waals surface area (Å²) in [5.41, 5.74) is 0.896. The second-order valence-electron chi connectivity index (χ2n) is 5.27. The van der Waals surface area contributed by atoms with E-state index in [0.717, 1.165) is 25.1 Å². The van der Waals surface area contributed by atoms with Gasteiger partial charge in [-0.3, -0.25) is 0 Å². The minimum Gasteiger partial charge on any atom is -0.382 e. The van der Waals surface area contributed by atoms with E-state index in [1.54, 1.807) is 19.2 Å². The van der Waals surface area contributed by atoms with Gasteiger partial charge in [-0.25, -0.2) is 18.5 Å². The van der Waals surface area contributed by atoms with Gasteiger partial charge in [0, 0.05) is 26.8 Å². The number of nitrogens with zero attached hydrogens (tertiary/aromatic N) is 1. The number of guanidine groups is 1. The number of nitrogens with two attached hydrogens (primary N) is 1. The topological polar surface area (TPSA) is 115 Å². The van der Waals surface area contributed by atoms with Crippen molar-refractivity contribution in [3.8, 4) is 0 Å². The molecular formula is C16H29IN4O4S. The number of methoxy groups -OCH3 is 1. The molecule has 0 atom stereocenters. The van der Waals surface area contributed by atoms with Crippen molar-refractivity contribution >= 4 is 40.0 Å². The largest absolute Gasteiger partial charge is 0.382 e. The molecule has 0 aliphatic heterocycles. The molecule has 0 saturated carbocycles. The molecule has 0 fully saturated rings. The van der Waals surface area contributed by atoms with Gasteiger partial charge in [-0.15, -0.1) is 24.0 Å². The van der Waals surface area contributed by atoms with Crippen LogP contribution in [0.1, 0.15) is 18.9 Å². The van der Waals surface area contributed by atoms with Crippen molar-refractivity contribution in [2.75, 3.05) is 40.0 Å². The van der Waals surface area contributed by atoms with E-state index >= 15 is 0 Å². The van der Waals surface area contributed by atoms with Crippen LogP contribution in [0, 0.1) is 0 Å². The van der Waals surface area contributed by atoms with Gasteiger partial charge in [0.25, 0.3) is 0 Å². The van der Waals surface area contributed by atoms with Crippen molar-refractivity contribution in [1.29, 1.82) is 0 Å². The van der Waals surface area contributed by atoms with Gasteiger partial charge in [0.1, 0.15) is 0 Å². The maximum absolute atomic E-state index is 11.2. The highest BCUT2D eigenvalue weighted by molar-refractivity contribution is 14.0. The van der Waals surface area contributed by atoms with E-state index < -0.39 is 10.0 Å². The maximum atomic E-state index is 11.2. The average Bonchev–Trinajstić information content (AvgIpc) is 2.58. The lowest BCUT2D eigenvalue weighted by molar-refractivity contribution is 0.0698. The van der Waals surface area contributed by atoms with Gasteiger partial charge >= 0.3 is 0 Å². The van der Waals surface area contributed by atoms with Crippen LogP contribution in [0.3, 0.4) is 0 Å². The van der Waals surface area contributed by atoms with Gasteiger partial charge in [0.15, 0.2) is 5.96 Å². The molecule has 1 aromatic carbocycles. The van der Waals surface area contributed by atoms with E-state index in [4.69, 9.17) is 14.6 Å². The van der Waals surface area contributed by atoms with Crippen molar-refractivity contribution in [3.05, 3.63) is 29.8 Å². The fourth-order valence-electron chi connectivity index (χ4n) is 1.92. The van der Waals surface area contributed by atoms with Crippen molar-refractivity contribution in [1.82, 2.24) is 10.6 Å². The molecule has 0 saturated heterocycles. The number of primary sulfonamides is 1. The van der Waals surface area contributed by atoms with E-state index in [9.17, 15) is 8.42 Å². The summed E-state index contributed by atoms with van der Waals surface area (Å²) >= 11 is 0. The second-order valence-corrected chi connectivity index (χ2v) is 6.83. The SMILES string of the molecule is CCNC(=NCc1ccc(S(N)(=O)=O)cc1)NCCCOCCOC.I. The molecule has 0 aliphatic carbocycles. The van der Waals surface area contributed by atoms with Crippen LogP contribution in [0.4, 0.5) is 0 Å². The molecule has 0 spiro atoms. The number of hydrogen-bond donors (Lipinski definition) is 3. The maximum Gasteiger partial charge on any atom is 0.238 e. The highest BCUT2D eigenvalue weighted by Crippen LogP contribution is 2.09. The monoisotopic (exact) mass is 500 g/mol. The van der Waals surface area contributed by atoms with Crippen LogP contribution in [-0.4, -0.2) is 54.4 Å². The van der Waals surface area contributed by atoms with Gasteiger partial charge < -0.3 is 20.1 Å². The van der Waals surface area contributed by atoms with Gasteiger partial charge in [-0.2, -0.15) is 0 Å². The molecule has 26 heavy (non-hydrogen) atoms. The average molecular weight is 500 g/mol.